The first-order valence-electron chi connectivity index (χ1n) is 4.96. The average molecular weight is 249 g/mol. The van der Waals surface area contributed by atoms with Gasteiger partial charge < -0.3 is 4.90 Å². The molecule has 1 fully saturated rings. The predicted molar refractivity (Wildman–Crippen MR) is 60.5 cm³/mol. The normalized spacial score (nSPS) is 30.4. The molecule has 2 aliphatic rings. The SMILES string of the molecule is CCN1CCC(C2=CN=C(Cl)S2(=O)=O)C1. The van der Waals surface area contributed by atoms with Gasteiger partial charge in [0.25, 0.3) is 0 Å². The topological polar surface area (TPSA) is 49.7 Å². The summed E-state index contributed by atoms with van der Waals surface area (Å²) >= 11 is 5.54. The number of halogens is 1. The summed E-state index contributed by atoms with van der Waals surface area (Å²) in [5, 5.41) is 0. The molecule has 0 amide bonds. The number of rotatable bonds is 2. The van der Waals surface area contributed by atoms with Crippen LogP contribution in [0.4, 0.5) is 0 Å². The van der Waals surface area contributed by atoms with Gasteiger partial charge in [-0.1, -0.05) is 6.92 Å². The van der Waals surface area contributed by atoms with Gasteiger partial charge in [-0.15, -0.1) is 0 Å². The molecule has 1 unspecified atom stereocenters. The Balaban J connectivity index is 2.16. The fraction of sp³-hybridized carbons (Fsp3) is 0.667. The molecule has 15 heavy (non-hydrogen) atoms. The van der Waals surface area contributed by atoms with Crippen molar-refractivity contribution in [2.24, 2.45) is 10.9 Å². The molecular formula is C9H13ClN2O2S. The van der Waals surface area contributed by atoms with E-state index in [9.17, 15) is 8.42 Å². The molecule has 4 nitrogen and oxygen atoms in total. The molecule has 0 aromatic rings. The number of hydrogen-bond acceptors (Lipinski definition) is 4. The fourth-order valence-electron chi connectivity index (χ4n) is 2.03. The molecule has 1 saturated heterocycles. The summed E-state index contributed by atoms with van der Waals surface area (Å²) in [5.74, 6) is 0.0648. The lowest BCUT2D eigenvalue weighted by Gasteiger charge is -2.13. The number of likely N-dealkylation sites (tertiary alicyclic amines) is 1. The number of sulfone groups is 1. The Kier molecular flexibility index (Phi) is 2.87. The van der Waals surface area contributed by atoms with Crippen molar-refractivity contribution in [3.63, 3.8) is 0 Å². The second-order valence-electron chi connectivity index (χ2n) is 3.80. The van der Waals surface area contributed by atoms with Crippen LogP contribution >= 0.6 is 11.6 Å². The number of hydrogen-bond donors (Lipinski definition) is 0. The van der Waals surface area contributed by atoms with Crippen LogP contribution in [-0.2, 0) is 9.84 Å². The van der Waals surface area contributed by atoms with Gasteiger partial charge in [-0.2, -0.15) is 0 Å². The van der Waals surface area contributed by atoms with Gasteiger partial charge >= 0.3 is 0 Å². The van der Waals surface area contributed by atoms with E-state index in [2.05, 4.69) is 16.8 Å². The Bertz CT molecular complexity index is 427. The van der Waals surface area contributed by atoms with Gasteiger partial charge in [0.15, 0.2) is 0 Å². The highest BCUT2D eigenvalue weighted by atomic mass is 35.5. The molecular weight excluding hydrogens is 236 g/mol. The smallest absolute Gasteiger partial charge is 0.232 e. The van der Waals surface area contributed by atoms with Crippen molar-refractivity contribution in [1.82, 2.24) is 4.90 Å². The lowest BCUT2D eigenvalue weighted by molar-refractivity contribution is 0.350. The molecule has 0 aliphatic carbocycles. The minimum absolute atomic E-state index is 0.0648. The maximum Gasteiger partial charge on any atom is 0.232 e. The molecule has 84 valence electrons. The monoisotopic (exact) mass is 248 g/mol. The van der Waals surface area contributed by atoms with E-state index in [-0.39, 0.29) is 10.4 Å². The van der Waals surface area contributed by atoms with Crippen molar-refractivity contribution in [1.29, 1.82) is 0 Å². The highest BCUT2D eigenvalue weighted by Crippen LogP contribution is 2.32. The summed E-state index contributed by atoms with van der Waals surface area (Å²) in [6.07, 6.45) is 2.28. The zero-order chi connectivity index (χ0) is 11.1. The Hall–Kier alpha value is -0.390. The van der Waals surface area contributed by atoms with E-state index in [1.807, 2.05) is 0 Å². The van der Waals surface area contributed by atoms with Crippen LogP contribution in [0, 0.1) is 5.92 Å². The summed E-state index contributed by atoms with van der Waals surface area (Å²) in [6.45, 7) is 4.77. The predicted octanol–water partition coefficient (Wildman–Crippen LogP) is 1.19. The van der Waals surface area contributed by atoms with Crippen LogP contribution in [-0.4, -0.2) is 37.5 Å². The molecule has 0 aromatic heterocycles. The molecule has 0 radical (unpaired) electrons. The van der Waals surface area contributed by atoms with Gasteiger partial charge in [-0.05, 0) is 31.1 Å². The van der Waals surface area contributed by atoms with Crippen LogP contribution < -0.4 is 0 Å². The van der Waals surface area contributed by atoms with E-state index >= 15 is 0 Å². The molecule has 1 atom stereocenters. The van der Waals surface area contributed by atoms with E-state index in [0.717, 1.165) is 26.1 Å². The van der Waals surface area contributed by atoms with E-state index in [4.69, 9.17) is 11.6 Å². The first-order chi connectivity index (χ1) is 7.05. The van der Waals surface area contributed by atoms with Gasteiger partial charge in [0, 0.05) is 18.7 Å². The van der Waals surface area contributed by atoms with Crippen molar-refractivity contribution in [2.75, 3.05) is 19.6 Å². The van der Waals surface area contributed by atoms with E-state index in [1.165, 1.54) is 6.20 Å². The van der Waals surface area contributed by atoms with Crippen LogP contribution in [0.2, 0.25) is 0 Å². The molecule has 0 saturated carbocycles. The molecule has 0 N–H and O–H groups in total. The minimum atomic E-state index is -3.43. The molecule has 2 rings (SSSR count). The van der Waals surface area contributed by atoms with Crippen LogP contribution in [0.1, 0.15) is 13.3 Å². The summed E-state index contributed by atoms with van der Waals surface area (Å²) in [7, 11) is -3.43. The first kappa shape index (κ1) is 11.1. The quantitative estimate of drug-likeness (QED) is 0.738. The van der Waals surface area contributed by atoms with Gasteiger partial charge in [0.05, 0.1) is 4.91 Å². The van der Waals surface area contributed by atoms with Gasteiger partial charge in [-0.25, -0.2) is 13.4 Å². The zero-order valence-corrected chi connectivity index (χ0v) is 10.1. The lowest BCUT2D eigenvalue weighted by atomic mass is 10.1. The maximum absolute atomic E-state index is 11.7. The number of nitrogens with zero attached hydrogens (tertiary/aromatic N) is 2. The highest BCUT2D eigenvalue weighted by Gasteiger charge is 2.36. The van der Waals surface area contributed by atoms with E-state index in [1.54, 1.807) is 0 Å². The van der Waals surface area contributed by atoms with Crippen molar-refractivity contribution in [2.45, 2.75) is 13.3 Å². The lowest BCUT2D eigenvalue weighted by Crippen LogP contribution is -2.22. The van der Waals surface area contributed by atoms with Crippen molar-refractivity contribution >= 4 is 25.9 Å². The van der Waals surface area contributed by atoms with Crippen molar-refractivity contribution in [3.8, 4) is 0 Å². The van der Waals surface area contributed by atoms with Crippen LogP contribution in [0.3, 0.4) is 0 Å². The standard InChI is InChI=1S/C9H13ClN2O2S/c1-2-12-4-3-7(6-12)8-5-11-9(10)15(8,13)14/h5,7H,2-4,6H2,1H3. The van der Waals surface area contributed by atoms with Crippen molar-refractivity contribution in [3.05, 3.63) is 11.1 Å². The van der Waals surface area contributed by atoms with Gasteiger partial charge in [0.2, 0.25) is 14.3 Å². The van der Waals surface area contributed by atoms with Gasteiger partial charge in [0.1, 0.15) is 0 Å². The summed E-state index contributed by atoms with van der Waals surface area (Å²) in [4.78, 5) is 6.30. The largest absolute Gasteiger partial charge is 0.303 e. The minimum Gasteiger partial charge on any atom is -0.303 e. The Morgan fingerprint density at radius 1 is 1.67 bits per heavy atom. The third kappa shape index (κ3) is 1.84. The fourth-order valence-corrected chi connectivity index (χ4v) is 3.55. The van der Waals surface area contributed by atoms with Crippen LogP contribution in [0.15, 0.2) is 16.1 Å². The van der Waals surface area contributed by atoms with Crippen LogP contribution in [0.25, 0.3) is 0 Å². The molecule has 0 aromatic carbocycles. The van der Waals surface area contributed by atoms with E-state index < -0.39 is 9.84 Å². The number of aliphatic imine (C=N–C) groups is 1. The Labute approximate surface area is 94.5 Å². The maximum atomic E-state index is 11.7. The molecule has 2 aliphatic heterocycles. The third-order valence-corrected chi connectivity index (χ3v) is 5.26. The Morgan fingerprint density at radius 3 is 2.87 bits per heavy atom. The third-order valence-electron chi connectivity index (χ3n) is 2.95. The summed E-state index contributed by atoms with van der Waals surface area (Å²) in [6, 6.07) is 0. The van der Waals surface area contributed by atoms with Gasteiger partial charge in [-0.3, -0.25) is 0 Å². The van der Waals surface area contributed by atoms with Crippen LogP contribution in [0.5, 0.6) is 0 Å². The second kappa shape index (κ2) is 3.88. The zero-order valence-electron chi connectivity index (χ0n) is 8.48. The molecule has 2 heterocycles. The molecule has 0 bridgehead atoms. The highest BCUT2D eigenvalue weighted by molar-refractivity contribution is 8.12. The average Bonchev–Trinajstić information content (AvgIpc) is 2.74. The first-order valence-corrected chi connectivity index (χ1v) is 6.82. The van der Waals surface area contributed by atoms with Crippen molar-refractivity contribution < 1.29 is 8.42 Å². The molecule has 6 heteroatoms. The summed E-state index contributed by atoms with van der Waals surface area (Å²) in [5.41, 5.74) is 0. The summed E-state index contributed by atoms with van der Waals surface area (Å²) < 4.78 is 23.2. The second-order valence-corrected chi connectivity index (χ2v) is 6.24. The molecule has 0 spiro atoms. The Morgan fingerprint density at radius 2 is 2.40 bits per heavy atom. The van der Waals surface area contributed by atoms with E-state index in [0.29, 0.717) is 4.91 Å².